The van der Waals surface area contributed by atoms with Crippen molar-refractivity contribution in [3.8, 4) is 0 Å². The van der Waals surface area contributed by atoms with E-state index < -0.39 is 36.6 Å². The van der Waals surface area contributed by atoms with Gasteiger partial charge in [0.2, 0.25) is 0 Å². The van der Waals surface area contributed by atoms with Crippen LogP contribution < -0.4 is 0 Å². The van der Waals surface area contributed by atoms with E-state index in [-0.39, 0.29) is 36.0 Å². The van der Waals surface area contributed by atoms with Gasteiger partial charge in [-0.05, 0) is 112 Å². The molecular formula is C43H50B2CoO4-. The van der Waals surface area contributed by atoms with Crippen molar-refractivity contribution in [2.75, 3.05) is 0 Å². The molecule has 50 heavy (non-hydrogen) atoms. The molecule has 2 aliphatic heterocycles. The molecule has 2 heterocycles. The molecule has 0 spiro atoms. The molecule has 262 valence electrons. The normalized spacial score (nSPS) is 24.6. The van der Waals surface area contributed by atoms with Gasteiger partial charge in [0, 0.05) is 29.1 Å². The molecule has 0 saturated carbocycles. The van der Waals surface area contributed by atoms with Gasteiger partial charge >= 0.3 is 14.2 Å². The Morgan fingerprint density at radius 1 is 0.560 bits per heavy atom. The van der Waals surface area contributed by atoms with E-state index in [0.717, 1.165) is 23.0 Å². The summed E-state index contributed by atoms with van der Waals surface area (Å²) in [5.41, 5.74) is 7.80. The molecule has 2 saturated heterocycles. The first-order valence-electron chi connectivity index (χ1n) is 17.4. The second kappa shape index (κ2) is 14.3. The second-order valence-corrected chi connectivity index (χ2v) is 15.5. The molecule has 3 aromatic carbocycles. The molecule has 5 aliphatic rings. The van der Waals surface area contributed by atoms with Crippen molar-refractivity contribution in [3.05, 3.63) is 156 Å². The van der Waals surface area contributed by atoms with Crippen molar-refractivity contribution < 1.29 is 35.4 Å². The summed E-state index contributed by atoms with van der Waals surface area (Å²) in [6, 6.07) is 30.5. The number of allylic oxidation sites excluding steroid dienone is 8. The van der Waals surface area contributed by atoms with Crippen LogP contribution in [0.1, 0.15) is 83.6 Å². The van der Waals surface area contributed by atoms with Crippen molar-refractivity contribution in [1.82, 2.24) is 0 Å². The van der Waals surface area contributed by atoms with Crippen LogP contribution in [0.25, 0.3) is 11.1 Å². The Kier molecular flexibility index (Phi) is 10.9. The standard InChI is InChI=1S/C37H42B2O4.C5H5.CH3.Co/c1-34(2)35(3,4)41-38(40-34)32-28-23-26-21-15-16-22-27(26)31(28)29(24-17-11-9-12-18-24)33(30(32)25-19-13-10-14-20-25)39-42-36(5,6)37(7,8)43-39;1-2-4-5-3-1;;/h9-22,28,31H,23H2,1-8H3;1-5H;1H3;/q;;-1;/t28-,31+;;;/m1.../s1. The molecule has 2 fully saturated rings. The fourth-order valence-corrected chi connectivity index (χ4v) is 7.55. The summed E-state index contributed by atoms with van der Waals surface area (Å²) in [6.07, 6.45) is 10.9. The van der Waals surface area contributed by atoms with Gasteiger partial charge in [-0.2, -0.15) is 0 Å². The Labute approximate surface area is 311 Å². The maximum atomic E-state index is 6.94. The summed E-state index contributed by atoms with van der Waals surface area (Å²) in [6.45, 7) is 17.1. The minimum Gasteiger partial charge on any atom is -0.400 e. The van der Waals surface area contributed by atoms with Crippen LogP contribution in [0.4, 0.5) is 0 Å². The van der Waals surface area contributed by atoms with E-state index in [1.165, 1.54) is 27.7 Å². The third-order valence-electron chi connectivity index (χ3n) is 11.5. The predicted molar refractivity (Wildman–Crippen MR) is 204 cm³/mol. The largest absolute Gasteiger partial charge is 0.495 e. The van der Waals surface area contributed by atoms with Crippen molar-refractivity contribution in [1.29, 1.82) is 0 Å². The van der Waals surface area contributed by atoms with Gasteiger partial charge in [-0.15, -0.1) is 0 Å². The number of rotatable bonds is 4. The van der Waals surface area contributed by atoms with Crippen molar-refractivity contribution in [2.45, 2.75) is 90.1 Å². The monoisotopic (exact) mass is 711 g/mol. The van der Waals surface area contributed by atoms with E-state index in [0.29, 0.717) is 0 Å². The molecule has 3 aromatic rings. The van der Waals surface area contributed by atoms with Gasteiger partial charge in [-0.3, -0.25) is 0 Å². The number of fused-ring (bicyclic) bond motifs is 3. The summed E-state index contributed by atoms with van der Waals surface area (Å²) < 4.78 is 27.7. The van der Waals surface area contributed by atoms with Crippen LogP contribution in [-0.2, 0) is 41.8 Å². The van der Waals surface area contributed by atoms with Gasteiger partial charge in [0.25, 0.3) is 0 Å². The van der Waals surface area contributed by atoms with E-state index >= 15 is 0 Å². The van der Waals surface area contributed by atoms with E-state index in [2.05, 4.69) is 140 Å². The van der Waals surface area contributed by atoms with Crippen molar-refractivity contribution in [2.24, 2.45) is 5.92 Å². The first-order valence-corrected chi connectivity index (χ1v) is 17.4. The van der Waals surface area contributed by atoms with Crippen LogP contribution in [0.15, 0.2) is 120 Å². The van der Waals surface area contributed by atoms with Crippen molar-refractivity contribution >= 4 is 25.4 Å². The fraction of sp³-hybridized carbons (Fsp3) is 0.349. The smallest absolute Gasteiger partial charge is 0.400 e. The Balaban J connectivity index is 0.000000640. The molecule has 8 rings (SSSR count). The molecular weight excluding hydrogens is 661 g/mol. The van der Waals surface area contributed by atoms with Gasteiger partial charge in [-0.1, -0.05) is 109 Å². The summed E-state index contributed by atoms with van der Waals surface area (Å²) in [4.78, 5) is 0. The average molecular weight is 711 g/mol. The van der Waals surface area contributed by atoms with Gasteiger partial charge in [0.15, 0.2) is 0 Å². The Morgan fingerprint density at radius 3 is 1.52 bits per heavy atom. The minimum absolute atomic E-state index is 0. The first-order chi connectivity index (χ1) is 22.8. The Morgan fingerprint density at radius 2 is 1.02 bits per heavy atom. The van der Waals surface area contributed by atoms with E-state index in [9.17, 15) is 0 Å². The zero-order valence-corrected chi connectivity index (χ0v) is 32.0. The third kappa shape index (κ3) is 6.62. The fourth-order valence-electron chi connectivity index (χ4n) is 7.55. The summed E-state index contributed by atoms with van der Waals surface area (Å²) in [5, 5.41) is 0. The maximum Gasteiger partial charge on any atom is 0.495 e. The summed E-state index contributed by atoms with van der Waals surface area (Å²) in [7, 11) is -1.07. The van der Waals surface area contributed by atoms with E-state index in [4.69, 9.17) is 18.6 Å². The minimum atomic E-state index is -0.568. The molecule has 3 aliphatic carbocycles. The Bertz CT molecular complexity index is 1760. The quantitative estimate of drug-likeness (QED) is 0.200. The maximum absolute atomic E-state index is 6.94. The van der Waals surface area contributed by atoms with Gasteiger partial charge in [-0.25, -0.2) is 0 Å². The molecule has 2 radical (unpaired) electrons. The van der Waals surface area contributed by atoms with Crippen molar-refractivity contribution in [3.63, 3.8) is 0 Å². The average Bonchev–Trinajstić information content (AvgIpc) is 3.83. The summed E-state index contributed by atoms with van der Waals surface area (Å²) in [5.74, 6) is 0.262. The SMILES string of the molecule is CC1(C)OB(C2=C(c3ccccc3)[C@H]3c4ccccc4C[C@H]3C(B3OC(C)(C)C(C)(C)O3)=C2c2ccccc2)OC1(C)C.[CH3-].[CH]1C=CC=C1.[Co]. The molecule has 7 heteroatoms. The molecule has 2 atom stereocenters. The van der Waals surface area contributed by atoms with E-state index in [1.807, 2.05) is 30.7 Å². The molecule has 4 nitrogen and oxygen atoms in total. The van der Waals surface area contributed by atoms with Crippen LogP contribution in [0.2, 0.25) is 0 Å². The number of hydrogen-bond donors (Lipinski definition) is 0. The molecule has 0 N–H and O–H groups in total. The van der Waals surface area contributed by atoms with Crippen LogP contribution in [0, 0.1) is 19.8 Å². The van der Waals surface area contributed by atoms with Crippen LogP contribution in [0.5, 0.6) is 0 Å². The molecule has 0 bridgehead atoms. The first kappa shape index (κ1) is 38.3. The third-order valence-corrected chi connectivity index (χ3v) is 11.5. The Hall–Kier alpha value is -2.90. The number of hydrogen-bond acceptors (Lipinski definition) is 4. The topological polar surface area (TPSA) is 36.9 Å². The zero-order chi connectivity index (χ0) is 33.9. The number of benzene rings is 3. The summed E-state index contributed by atoms with van der Waals surface area (Å²) >= 11 is 0. The van der Waals surface area contributed by atoms with Gasteiger partial charge in [0.05, 0.1) is 22.4 Å². The molecule has 0 aromatic heterocycles. The van der Waals surface area contributed by atoms with Crippen LogP contribution in [0.3, 0.4) is 0 Å². The second-order valence-electron chi connectivity index (χ2n) is 15.5. The van der Waals surface area contributed by atoms with Gasteiger partial charge in [0.1, 0.15) is 0 Å². The van der Waals surface area contributed by atoms with E-state index in [1.54, 1.807) is 0 Å². The van der Waals surface area contributed by atoms with Crippen LogP contribution >= 0.6 is 0 Å². The molecule has 0 unspecified atom stereocenters. The van der Waals surface area contributed by atoms with Gasteiger partial charge < -0.3 is 26.0 Å². The van der Waals surface area contributed by atoms with Crippen LogP contribution in [-0.4, -0.2) is 36.6 Å². The zero-order valence-electron chi connectivity index (χ0n) is 31.0. The predicted octanol–water partition coefficient (Wildman–Crippen LogP) is 9.89. The molecule has 0 amide bonds.